The zero-order valence-electron chi connectivity index (χ0n) is 9.39. The topological polar surface area (TPSA) is 75.3 Å². The van der Waals surface area contributed by atoms with Crippen molar-refractivity contribution in [2.24, 2.45) is 5.73 Å². The Bertz CT molecular complexity index is 323. The van der Waals surface area contributed by atoms with Crippen LogP contribution in [0.4, 0.5) is 0 Å². The number of nitrogens with two attached hydrogens (primary N) is 1. The van der Waals surface area contributed by atoms with Crippen molar-refractivity contribution in [1.82, 2.24) is 5.32 Å². The standard InChI is InChI=1S/C12H18N2O2/c1-2-10(8-15)14-12(16)11(13)9-6-4-3-5-7-9/h3-7,10-11,15H,2,8,13H2,1H3,(H,14,16)/t10-,11?/m0/s1. The lowest BCUT2D eigenvalue weighted by molar-refractivity contribution is -0.123. The summed E-state index contributed by atoms with van der Waals surface area (Å²) < 4.78 is 0. The molecule has 16 heavy (non-hydrogen) atoms. The van der Waals surface area contributed by atoms with E-state index in [0.717, 1.165) is 5.56 Å². The van der Waals surface area contributed by atoms with Gasteiger partial charge in [0, 0.05) is 0 Å². The molecule has 88 valence electrons. The van der Waals surface area contributed by atoms with E-state index in [1.54, 1.807) is 0 Å². The van der Waals surface area contributed by atoms with Crippen LogP contribution < -0.4 is 11.1 Å². The third kappa shape index (κ3) is 3.32. The summed E-state index contributed by atoms with van der Waals surface area (Å²) in [6.07, 6.45) is 0.684. The summed E-state index contributed by atoms with van der Waals surface area (Å²) in [5.74, 6) is -0.257. The molecule has 0 aromatic heterocycles. The molecular weight excluding hydrogens is 204 g/mol. The molecule has 1 aromatic rings. The summed E-state index contributed by atoms with van der Waals surface area (Å²) in [5.41, 5.74) is 6.57. The molecule has 1 rings (SSSR count). The number of carbonyl (C=O) groups excluding carboxylic acids is 1. The van der Waals surface area contributed by atoms with E-state index in [-0.39, 0.29) is 18.6 Å². The SMILES string of the molecule is CC[C@@H](CO)NC(=O)C(N)c1ccccc1. The Kier molecular flexibility index (Phi) is 4.95. The lowest BCUT2D eigenvalue weighted by Gasteiger charge is -2.17. The maximum atomic E-state index is 11.7. The van der Waals surface area contributed by atoms with E-state index >= 15 is 0 Å². The molecule has 0 saturated carbocycles. The van der Waals surface area contributed by atoms with E-state index in [0.29, 0.717) is 6.42 Å². The molecule has 1 amide bonds. The molecular formula is C12H18N2O2. The van der Waals surface area contributed by atoms with Crippen LogP contribution in [-0.2, 0) is 4.79 Å². The molecule has 0 aliphatic rings. The predicted molar refractivity (Wildman–Crippen MR) is 62.7 cm³/mol. The number of rotatable bonds is 5. The van der Waals surface area contributed by atoms with E-state index in [1.807, 2.05) is 37.3 Å². The van der Waals surface area contributed by atoms with Gasteiger partial charge in [-0.3, -0.25) is 4.79 Å². The number of aliphatic hydroxyl groups is 1. The first-order valence-electron chi connectivity index (χ1n) is 5.40. The number of amides is 1. The highest BCUT2D eigenvalue weighted by Gasteiger charge is 2.17. The number of nitrogens with one attached hydrogen (secondary N) is 1. The van der Waals surface area contributed by atoms with Gasteiger partial charge in [0.1, 0.15) is 6.04 Å². The molecule has 0 aliphatic heterocycles. The van der Waals surface area contributed by atoms with Gasteiger partial charge < -0.3 is 16.2 Å². The molecule has 4 nitrogen and oxygen atoms in total. The summed E-state index contributed by atoms with van der Waals surface area (Å²) >= 11 is 0. The number of aliphatic hydroxyl groups excluding tert-OH is 1. The van der Waals surface area contributed by atoms with E-state index in [1.165, 1.54) is 0 Å². The van der Waals surface area contributed by atoms with Crippen molar-refractivity contribution in [2.45, 2.75) is 25.4 Å². The van der Waals surface area contributed by atoms with E-state index < -0.39 is 6.04 Å². The van der Waals surface area contributed by atoms with Gasteiger partial charge in [0.15, 0.2) is 0 Å². The third-order valence-corrected chi connectivity index (χ3v) is 2.50. The molecule has 4 heteroatoms. The van der Waals surface area contributed by atoms with Gasteiger partial charge in [-0.05, 0) is 12.0 Å². The molecule has 4 N–H and O–H groups in total. The second-order valence-electron chi connectivity index (χ2n) is 3.68. The van der Waals surface area contributed by atoms with E-state index in [9.17, 15) is 4.79 Å². The van der Waals surface area contributed by atoms with Crippen LogP contribution in [0.2, 0.25) is 0 Å². The summed E-state index contributed by atoms with van der Waals surface area (Å²) in [4.78, 5) is 11.7. The second kappa shape index (κ2) is 6.25. The normalized spacial score (nSPS) is 14.2. The maximum Gasteiger partial charge on any atom is 0.241 e. The fourth-order valence-electron chi connectivity index (χ4n) is 1.38. The van der Waals surface area contributed by atoms with Crippen molar-refractivity contribution < 1.29 is 9.90 Å². The van der Waals surface area contributed by atoms with Crippen LogP contribution >= 0.6 is 0 Å². The fourth-order valence-corrected chi connectivity index (χ4v) is 1.38. The number of carbonyl (C=O) groups is 1. The lowest BCUT2D eigenvalue weighted by Crippen LogP contribution is -2.42. The molecule has 0 bridgehead atoms. The van der Waals surface area contributed by atoms with Crippen LogP contribution in [0.1, 0.15) is 24.9 Å². The van der Waals surface area contributed by atoms with Gasteiger partial charge in [-0.1, -0.05) is 37.3 Å². The molecule has 0 heterocycles. The molecule has 0 saturated heterocycles. The molecule has 0 radical (unpaired) electrons. The third-order valence-electron chi connectivity index (χ3n) is 2.50. The van der Waals surface area contributed by atoms with Crippen molar-refractivity contribution in [3.05, 3.63) is 35.9 Å². The van der Waals surface area contributed by atoms with Crippen LogP contribution in [0.15, 0.2) is 30.3 Å². The fraction of sp³-hybridized carbons (Fsp3) is 0.417. The van der Waals surface area contributed by atoms with Crippen LogP contribution in [0.25, 0.3) is 0 Å². The Labute approximate surface area is 95.5 Å². The van der Waals surface area contributed by atoms with Crippen LogP contribution in [-0.4, -0.2) is 23.7 Å². The Balaban J connectivity index is 2.61. The van der Waals surface area contributed by atoms with Crippen molar-refractivity contribution in [2.75, 3.05) is 6.61 Å². The van der Waals surface area contributed by atoms with Crippen molar-refractivity contribution in [3.8, 4) is 0 Å². The number of hydrogen-bond acceptors (Lipinski definition) is 3. The second-order valence-corrected chi connectivity index (χ2v) is 3.68. The number of benzene rings is 1. The highest BCUT2D eigenvalue weighted by molar-refractivity contribution is 5.83. The first kappa shape index (κ1) is 12.7. The van der Waals surface area contributed by atoms with Crippen LogP contribution in [0.3, 0.4) is 0 Å². The largest absolute Gasteiger partial charge is 0.394 e. The Hall–Kier alpha value is -1.39. The highest BCUT2D eigenvalue weighted by atomic mass is 16.3. The molecule has 0 fully saturated rings. The van der Waals surface area contributed by atoms with E-state index in [4.69, 9.17) is 10.8 Å². The highest BCUT2D eigenvalue weighted by Crippen LogP contribution is 2.09. The van der Waals surface area contributed by atoms with Crippen LogP contribution in [0.5, 0.6) is 0 Å². The molecule has 0 spiro atoms. The monoisotopic (exact) mass is 222 g/mol. The van der Waals surface area contributed by atoms with Gasteiger partial charge in [-0.25, -0.2) is 0 Å². The maximum absolute atomic E-state index is 11.7. The van der Waals surface area contributed by atoms with Crippen molar-refractivity contribution in [3.63, 3.8) is 0 Å². The Morgan fingerprint density at radius 3 is 2.56 bits per heavy atom. The van der Waals surface area contributed by atoms with Gasteiger partial charge >= 0.3 is 0 Å². The minimum Gasteiger partial charge on any atom is -0.394 e. The summed E-state index contributed by atoms with van der Waals surface area (Å²) in [5, 5.41) is 11.7. The van der Waals surface area contributed by atoms with Gasteiger partial charge in [0.05, 0.1) is 12.6 Å². The average Bonchev–Trinajstić information content (AvgIpc) is 2.35. The Morgan fingerprint density at radius 2 is 2.06 bits per heavy atom. The molecule has 0 aliphatic carbocycles. The van der Waals surface area contributed by atoms with Crippen molar-refractivity contribution >= 4 is 5.91 Å². The zero-order valence-corrected chi connectivity index (χ0v) is 9.39. The van der Waals surface area contributed by atoms with E-state index in [2.05, 4.69) is 5.32 Å². The van der Waals surface area contributed by atoms with Crippen LogP contribution in [0, 0.1) is 0 Å². The van der Waals surface area contributed by atoms with Crippen molar-refractivity contribution in [1.29, 1.82) is 0 Å². The molecule has 2 atom stereocenters. The molecule has 1 unspecified atom stereocenters. The predicted octanol–water partition coefficient (Wildman–Crippen LogP) is 0.573. The van der Waals surface area contributed by atoms with Gasteiger partial charge in [-0.15, -0.1) is 0 Å². The lowest BCUT2D eigenvalue weighted by atomic mass is 10.1. The minimum absolute atomic E-state index is 0.0657. The quantitative estimate of drug-likeness (QED) is 0.682. The number of hydrogen-bond donors (Lipinski definition) is 3. The first-order chi connectivity index (χ1) is 7.69. The Morgan fingerprint density at radius 1 is 1.44 bits per heavy atom. The summed E-state index contributed by atoms with van der Waals surface area (Å²) in [6, 6.07) is 8.27. The summed E-state index contributed by atoms with van der Waals surface area (Å²) in [6.45, 7) is 1.83. The minimum atomic E-state index is -0.679. The zero-order chi connectivity index (χ0) is 12.0. The average molecular weight is 222 g/mol. The first-order valence-corrected chi connectivity index (χ1v) is 5.40. The smallest absolute Gasteiger partial charge is 0.241 e. The molecule has 1 aromatic carbocycles. The summed E-state index contributed by atoms with van der Waals surface area (Å²) in [7, 11) is 0. The van der Waals surface area contributed by atoms with Gasteiger partial charge in [0.2, 0.25) is 5.91 Å². The van der Waals surface area contributed by atoms with Gasteiger partial charge in [-0.2, -0.15) is 0 Å². The van der Waals surface area contributed by atoms with Gasteiger partial charge in [0.25, 0.3) is 0 Å².